The van der Waals surface area contributed by atoms with Crippen molar-refractivity contribution in [1.82, 2.24) is 19.9 Å². The minimum Gasteiger partial charge on any atom is -0.308 e. The fourth-order valence-electron chi connectivity index (χ4n) is 1.85. The SMILES string of the molecule is Cc1nccc(-c2nc(NN)c3cc(C)sc3n2)n1. The number of fused-ring (bicyclic) bond motifs is 1. The van der Waals surface area contributed by atoms with Gasteiger partial charge in [0.1, 0.15) is 16.3 Å². The van der Waals surface area contributed by atoms with E-state index in [1.807, 2.05) is 19.9 Å². The molecular formula is C12H12N6S. The number of nitrogens with one attached hydrogen (secondary N) is 1. The Morgan fingerprint density at radius 2 is 2.05 bits per heavy atom. The summed E-state index contributed by atoms with van der Waals surface area (Å²) < 4.78 is 0. The molecule has 0 spiro atoms. The van der Waals surface area contributed by atoms with Gasteiger partial charge in [-0.05, 0) is 26.0 Å². The lowest BCUT2D eigenvalue weighted by Gasteiger charge is -2.04. The van der Waals surface area contributed by atoms with Crippen LogP contribution in [0.4, 0.5) is 5.82 Å². The summed E-state index contributed by atoms with van der Waals surface area (Å²) in [5, 5.41) is 0.930. The van der Waals surface area contributed by atoms with Crippen molar-refractivity contribution in [3.05, 3.63) is 29.0 Å². The van der Waals surface area contributed by atoms with Crippen molar-refractivity contribution in [3.63, 3.8) is 0 Å². The molecule has 3 rings (SSSR count). The highest BCUT2D eigenvalue weighted by molar-refractivity contribution is 7.18. The Hall–Kier alpha value is -2.12. The Bertz CT molecular complexity index is 751. The third kappa shape index (κ3) is 2.13. The number of hydrogen-bond acceptors (Lipinski definition) is 7. The summed E-state index contributed by atoms with van der Waals surface area (Å²) in [4.78, 5) is 19.4. The first-order chi connectivity index (χ1) is 9.17. The van der Waals surface area contributed by atoms with Gasteiger partial charge in [0.15, 0.2) is 11.6 Å². The van der Waals surface area contributed by atoms with E-state index in [2.05, 4.69) is 25.4 Å². The Morgan fingerprint density at radius 1 is 1.21 bits per heavy atom. The van der Waals surface area contributed by atoms with Crippen LogP contribution in [0.1, 0.15) is 10.7 Å². The molecule has 0 saturated heterocycles. The van der Waals surface area contributed by atoms with Crippen LogP contribution in [0.3, 0.4) is 0 Å². The minimum absolute atomic E-state index is 0.549. The van der Waals surface area contributed by atoms with Crippen molar-refractivity contribution >= 4 is 27.4 Å². The fraction of sp³-hybridized carbons (Fsp3) is 0.167. The second-order valence-electron chi connectivity index (χ2n) is 4.11. The molecule has 3 N–H and O–H groups in total. The molecule has 3 aromatic rings. The van der Waals surface area contributed by atoms with E-state index in [1.54, 1.807) is 23.6 Å². The zero-order valence-electron chi connectivity index (χ0n) is 10.5. The van der Waals surface area contributed by atoms with Crippen molar-refractivity contribution in [2.75, 3.05) is 5.43 Å². The molecule has 0 bridgehead atoms. The Morgan fingerprint density at radius 3 is 2.79 bits per heavy atom. The topological polar surface area (TPSA) is 89.6 Å². The zero-order chi connectivity index (χ0) is 13.4. The summed E-state index contributed by atoms with van der Waals surface area (Å²) >= 11 is 1.60. The van der Waals surface area contributed by atoms with Crippen LogP contribution in [0.5, 0.6) is 0 Å². The molecule has 3 aromatic heterocycles. The predicted octanol–water partition coefficient (Wildman–Crippen LogP) is 2.05. The molecule has 0 aromatic carbocycles. The summed E-state index contributed by atoms with van der Waals surface area (Å²) in [6, 6.07) is 3.80. The number of nitrogens with zero attached hydrogens (tertiary/aromatic N) is 4. The average molecular weight is 272 g/mol. The van der Waals surface area contributed by atoms with Crippen LogP contribution in [0.2, 0.25) is 0 Å². The fourth-order valence-corrected chi connectivity index (χ4v) is 2.73. The molecule has 0 saturated carbocycles. The van der Waals surface area contributed by atoms with Gasteiger partial charge in [-0.1, -0.05) is 0 Å². The van der Waals surface area contributed by atoms with E-state index in [1.165, 1.54) is 0 Å². The molecule has 0 amide bonds. The second-order valence-corrected chi connectivity index (χ2v) is 5.34. The van der Waals surface area contributed by atoms with Crippen molar-refractivity contribution in [3.8, 4) is 11.5 Å². The van der Waals surface area contributed by atoms with Crippen LogP contribution in [0.15, 0.2) is 18.3 Å². The van der Waals surface area contributed by atoms with E-state index in [0.717, 1.165) is 15.1 Å². The van der Waals surface area contributed by atoms with E-state index in [-0.39, 0.29) is 0 Å². The van der Waals surface area contributed by atoms with E-state index in [0.29, 0.717) is 23.2 Å². The summed E-state index contributed by atoms with van der Waals surface area (Å²) in [7, 11) is 0. The standard InChI is InChI=1S/C12H12N6S/c1-6-5-8-10(18-13)16-11(17-12(8)19-6)9-3-4-14-7(2)15-9/h3-5H,13H2,1-2H3,(H,16,17,18). The van der Waals surface area contributed by atoms with Crippen LogP contribution in [-0.4, -0.2) is 19.9 Å². The first-order valence-electron chi connectivity index (χ1n) is 5.72. The summed E-state index contributed by atoms with van der Waals surface area (Å²) in [6.07, 6.45) is 1.69. The Kier molecular flexibility index (Phi) is 2.84. The molecule has 0 unspecified atom stereocenters. The molecule has 0 atom stereocenters. The van der Waals surface area contributed by atoms with Crippen molar-refractivity contribution in [1.29, 1.82) is 0 Å². The Labute approximate surface area is 113 Å². The number of aromatic nitrogens is 4. The number of hydrazine groups is 1. The molecule has 0 aliphatic carbocycles. The van der Waals surface area contributed by atoms with Gasteiger partial charge in [0.25, 0.3) is 0 Å². The predicted molar refractivity (Wildman–Crippen MR) is 75.7 cm³/mol. The first-order valence-corrected chi connectivity index (χ1v) is 6.54. The molecule has 96 valence electrons. The number of rotatable bonds is 2. The lowest BCUT2D eigenvalue weighted by Crippen LogP contribution is -2.10. The van der Waals surface area contributed by atoms with Crippen molar-refractivity contribution in [2.24, 2.45) is 5.84 Å². The van der Waals surface area contributed by atoms with Gasteiger partial charge in [-0.15, -0.1) is 11.3 Å². The molecule has 3 heterocycles. The van der Waals surface area contributed by atoms with Gasteiger partial charge in [0.05, 0.1) is 5.39 Å². The Balaban J connectivity index is 2.24. The highest BCUT2D eigenvalue weighted by Gasteiger charge is 2.12. The maximum absolute atomic E-state index is 5.53. The van der Waals surface area contributed by atoms with Gasteiger partial charge >= 0.3 is 0 Å². The van der Waals surface area contributed by atoms with Gasteiger partial charge in [-0.3, -0.25) is 0 Å². The maximum atomic E-state index is 5.53. The van der Waals surface area contributed by atoms with E-state index in [4.69, 9.17) is 5.84 Å². The molecule has 6 nitrogen and oxygen atoms in total. The maximum Gasteiger partial charge on any atom is 0.181 e. The third-order valence-electron chi connectivity index (χ3n) is 2.66. The van der Waals surface area contributed by atoms with Crippen LogP contribution >= 0.6 is 11.3 Å². The number of aryl methyl sites for hydroxylation is 2. The number of anilines is 1. The van der Waals surface area contributed by atoms with Crippen LogP contribution in [0, 0.1) is 13.8 Å². The summed E-state index contributed by atoms with van der Waals surface area (Å²) in [5.74, 6) is 7.38. The number of hydrogen-bond donors (Lipinski definition) is 2. The minimum atomic E-state index is 0.549. The molecule has 0 radical (unpaired) electrons. The average Bonchev–Trinajstić information content (AvgIpc) is 2.77. The van der Waals surface area contributed by atoms with Crippen LogP contribution in [0.25, 0.3) is 21.7 Å². The van der Waals surface area contributed by atoms with Gasteiger partial charge in [-0.2, -0.15) is 0 Å². The highest BCUT2D eigenvalue weighted by atomic mass is 32.1. The van der Waals surface area contributed by atoms with Gasteiger partial charge in [0, 0.05) is 11.1 Å². The molecule has 0 aliphatic heterocycles. The highest BCUT2D eigenvalue weighted by Crippen LogP contribution is 2.29. The van der Waals surface area contributed by atoms with E-state index < -0.39 is 0 Å². The second kappa shape index (κ2) is 4.52. The molecule has 0 fully saturated rings. The number of nitrogens with two attached hydrogens (primary N) is 1. The third-order valence-corrected chi connectivity index (χ3v) is 3.60. The molecule has 7 heteroatoms. The number of thiophene rings is 1. The first kappa shape index (κ1) is 11.9. The molecular weight excluding hydrogens is 260 g/mol. The van der Waals surface area contributed by atoms with Crippen LogP contribution < -0.4 is 11.3 Å². The van der Waals surface area contributed by atoms with Crippen molar-refractivity contribution in [2.45, 2.75) is 13.8 Å². The van der Waals surface area contributed by atoms with Gasteiger partial charge < -0.3 is 5.43 Å². The monoisotopic (exact) mass is 272 g/mol. The lowest BCUT2D eigenvalue weighted by atomic mass is 10.3. The van der Waals surface area contributed by atoms with Gasteiger partial charge in [-0.25, -0.2) is 25.8 Å². The quantitative estimate of drug-likeness (QED) is 0.548. The van der Waals surface area contributed by atoms with Crippen molar-refractivity contribution < 1.29 is 0 Å². The van der Waals surface area contributed by atoms with Gasteiger partial charge in [0.2, 0.25) is 0 Å². The smallest absolute Gasteiger partial charge is 0.181 e. The summed E-state index contributed by atoms with van der Waals surface area (Å²) in [5.41, 5.74) is 3.31. The lowest BCUT2D eigenvalue weighted by molar-refractivity contribution is 1.04. The van der Waals surface area contributed by atoms with E-state index in [9.17, 15) is 0 Å². The zero-order valence-corrected chi connectivity index (χ0v) is 11.3. The molecule has 0 aliphatic rings. The summed E-state index contributed by atoms with van der Waals surface area (Å²) in [6.45, 7) is 3.86. The molecule has 19 heavy (non-hydrogen) atoms. The normalized spacial score (nSPS) is 10.9. The largest absolute Gasteiger partial charge is 0.308 e. The van der Waals surface area contributed by atoms with E-state index >= 15 is 0 Å². The number of nitrogen functional groups attached to an aromatic ring is 1. The van der Waals surface area contributed by atoms with Crippen LogP contribution in [-0.2, 0) is 0 Å².